The van der Waals surface area contributed by atoms with Crippen LogP contribution in [-0.2, 0) is 12.8 Å². The lowest BCUT2D eigenvalue weighted by Gasteiger charge is -2.09. The fourth-order valence-electron chi connectivity index (χ4n) is 2.47. The maximum Gasteiger partial charge on any atom is 0.126 e. The number of hydrogen-bond donors (Lipinski definition) is 0. The van der Waals surface area contributed by atoms with Gasteiger partial charge < -0.3 is 0 Å². The average Bonchev–Trinajstić information content (AvgIpc) is 2.92. The van der Waals surface area contributed by atoms with E-state index >= 15 is 0 Å². The average molecular weight is 281 g/mol. The molecule has 1 aromatic carbocycles. The number of thiophene rings is 1. The van der Waals surface area contributed by atoms with E-state index in [9.17, 15) is 4.39 Å². The maximum absolute atomic E-state index is 13.3. The van der Waals surface area contributed by atoms with E-state index in [0.29, 0.717) is 5.56 Å². The van der Waals surface area contributed by atoms with Crippen LogP contribution in [-0.4, -0.2) is 0 Å². The van der Waals surface area contributed by atoms with Crippen LogP contribution in [0, 0.1) is 12.7 Å². The van der Waals surface area contributed by atoms with Crippen LogP contribution in [0.25, 0.3) is 0 Å². The fourth-order valence-corrected chi connectivity index (χ4v) is 4.06. The largest absolute Gasteiger partial charge is 0.207 e. The van der Waals surface area contributed by atoms with Crippen LogP contribution in [0.1, 0.15) is 38.2 Å². The van der Waals surface area contributed by atoms with Crippen molar-refractivity contribution in [3.05, 3.63) is 56.5 Å². The summed E-state index contributed by atoms with van der Waals surface area (Å²) >= 11 is 8.32. The van der Waals surface area contributed by atoms with Crippen molar-refractivity contribution < 1.29 is 4.39 Å². The second kappa shape index (κ2) is 4.67. The van der Waals surface area contributed by atoms with Gasteiger partial charge in [-0.1, -0.05) is 12.1 Å². The van der Waals surface area contributed by atoms with E-state index in [0.717, 1.165) is 5.56 Å². The van der Waals surface area contributed by atoms with Crippen molar-refractivity contribution in [3.8, 4) is 0 Å². The summed E-state index contributed by atoms with van der Waals surface area (Å²) in [6.07, 6.45) is 3.63. The highest BCUT2D eigenvalue weighted by atomic mass is 35.5. The molecule has 0 saturated heterocycles. The van der Waals surface area contributed by atoms with Crippen LogP contribution in [0.4, 0.5) is 4.39 Å². The predicted molar refractivity (Wildman–Crippen MR) is 75.2 cm³/mol. The molecule has 0 bridgehead atoms. The lowest BCUT2D eigenvalue weighted by atomic mass is 10.1. The van der Waals surface area contributed by atoms with E-state index in [4.69, 9.17) is 11.6 Å². The van der Waals surface area contributed by atoms with Crippen molar-refractivity contribution >= 4 is 22.9 Å². The summed E-state index contributed by atoms with van der Waals surface area (Å²) in [7, 11) is 0. The van der Waals surface area contributed by atoms with Crippen molar-refractivity contribution in [2.24, 2.45) is 0 Å². The Bertz CT molecular complexity index is 567. The summed E-state index contributed by atoms with van der Waals surface area (Å²) < 4.78 is 13.3. The maximum atomic E-state index is 13.3. The molecule has 94 valence electrons. The second-order valence-corrected chi connectivity index (χ2v) is 6.43. The first-order valence-corrected chi connectivity index (χ1v) is 7.42. The second-order valence-electron chi connectivity index (χ2n) is 4.82. The van der Waals surface area contributed by atoms with Gasteiger partial charge in [-0.2, -0.15) is 0 Å². The van der Waals surface area contributed by atoms with Gasteiger partial charge in [-0.3, -0.25) is 0 Å². The van der Waals surface area contributed by atoms with Crippen LogP contribution in [0.15, 0.2) is 24.3 Å². The first kappa shape index (κ1) is 12.2. The quantitative estimate of drug-likeness (QED) is 0.678. The SMILES string of the molecule is Cc1cc(C(Cl)c2cc3c(s2)CCC3)ccc1F. The molecule has 0 N–H and O–H groups in total. The Morgan fingerprint density at radius 3 is 2.83 bits per heavy atom. The van der Waals surface area contributed by atoms with Gasteiger partial charge in [-0.25, -0.2) is 4.39 Å². The molecule has 18 heavy (non-hydrogen) atoms. The molecule has 2 aromatic rings. The van der Waals surface area contributed by atoms with E-state index in [1.165, 1.54) is 40.6 Å². The molecule has 0 aliphatic heterocycles. The van der Waals surface area contributed by atoms with Crippen molar-refractivity contribution in [1.29, 1.82) is 0 Å². The molecule has 0 saturated carbocycles. The topological polar surface area (TPSA) is 0 Å². The van der Waals surface area contributed by atoms with Gasteiger partial charge in [0.15, 0.2) is 0 Å². The predicted octanol–water partition coefficient (Wildman–Crippen LogP) is 5.01. The number of hydrogen-bond acceptors (Lipinski definition) is 1. The Balaban J connectivity index is 1.93. The minimum atomic E-state index is -0.170. The molecular weight excluding hydrogens is 267 g/mol. The molecule has 0 amide bonds. The first-order valence-electron chi connectivity index (χ1n) is 6.17. The molecule has 1 unspecified atom stereocenters. The molecule has 1 aliphatic carbocycles. The number of alkyl halides is 1. The van der Waals surface area contributed by atoms with Crippen LogP contribution >= 0.6 is 22.9 Å². The van der Waals surface area contributed by atoms with Crippen LogP contribution in [0.2, 0.25) is 0 Å². The summed E-state index contributed by atoms with van der Waals surface area (Å²) in [6.45, 7) is 1.77. The number of benzene rings is 1. The Labute approximate surface area is 115 Å². The number of halogens is 2. The first-order chi connectivity index (χ1) is 8.65. The van der Waals surface area contributed by atoms with Crippen molar-refractivity contribution in [1.82, 2.24) is 0 Å². The van der Waals surface area contributed by atoms with E-state index in [-0.39, 0.29) is 11.2 Å². The third-order valence-corrected chi connectivity index (χ3v) is 5.41. The molecule has 0 fully saturated rings. The normalized spacial score (nSPS) is 15.7. The standard InChI is InChI=1S/C15H14ClFS/c1-9-7-11(5-6-12(9)17)15(16)14-8-10-3-2-4-13(10)18-14/h5-8,15H,2-4H2,1H3. The minimum Gasteiger partial charge on any atom is -0.207 e. The zero-order valence-electron chi connectivity index (χ0n) is 10.2. The summed E-state index contributed by atoms with van der Waals surface area (Å²) in [4.78, 5) is 2.67. The monoisotopic (exact) mass is 280 g/mol. The fraction of sp³-hybridized carbons (Fsp3) is 0.333. The van der Waals surface area contributed by atoms with Gasteiger partial charge in [0.25, 0.3) is 0 Å². The highest BCUT2D eigenvalue weighted by molar-refractivity contribution is 7.12. The zero-order chi connectivity index (χ0) is 12.7. The molecule has 1 aliphatic rings. The van der Waals surface area contributed by atoms with Crippen LogP contribution in [0.3, 0.4) is 0 Å². The third-order valence-electron chi connectivity index (χ3n) is 3.49. The van der Waals surface area contributed by atoms with Crippen molar-refractivity contribution in [2.45, 2.75) is 31.6 Å². The molecule has 1 aromatic heterocycles. The van der Waals surface area contributed by atoms with Gasteiger partial charge in [-0.05, 0) is 55.0 Å². The Morgan fingerprint density at radius 2 is 2.11 bits per heavy atom. The Kier molecular flexibility index (Phi) is 3.16. The summed E-state index contributed by atoms with van der Waals surface area (Å²) in [5, 5.41) is -0.153. The molecule has 3 heteroatoms. The van der Waals surface area contributed by atoms with Gasteiger partial charge in [0.2, 0.25) is 0 Å². The third kappa shape index (κ3) is 2.08. The van der Waals surface area contributed by atoms with E-state index < -0.39 is 0 Å². The number of fused-ring (bicyclic) bond motifs is 1. The number of aryl methyl sites for hydroxylation is 3. The van der Waals surface area contributed by atoms with Crippen LogP contribution in [0.5, 0.6) is 0 Å². The summed E-state index contributed by atoms with van der Waals surface area (Å²) in [5.74, 6) is -0.170. The molecule has 1 heterocycles. The number of rotatable bonds is 2. The van der Waals surface area contributed by atoms with Gasteiger partial charge >= 0.3 is 0 Å². The van der Waals surface area contributed by atoms with E-state index in [1.54, 1.807) is 13.0 Å². The van der Waals surface area contributed by atoms with Crippen LogP contribution < -0.4 is 0 Å². The van der Waals surface area contributed by atoms with Crippen molar-refractivity contribution in [2.75, 3.05) is 0 Å². The molecule has 3 rings (SSSR count). The lowest BCUT2D eigenvalue weighted by Crippen LogP contribution is -1.93. The minimum absolute atomic E-state index is 0.153. The summed E-state index contributed by atoms with van der Waals surface area (Å²) in [6, 6.07) is 7.35. The smallest absolute Gasteiger partial charge is 0.126 e. The van der Waals surface area contributed by atoms with Gasteiger partial charge in [0.1, 0.15) is 5.82 Å². The molecule has 1 atom stereocenters. The molecule has 0 radical (unpaired) electrons. The highest BCUT2D eigenvalue weighted by Gasteiger charge is 2.20. The molecule has 0 spiro atoms. The molecular formula is C15H14ClFS. The van der Waals surface area contributed by atoms with Gasteiger partial charge in [-0.15, -0.1) is 22.9 Å². The van der Waals surface area contributed by atoms with E-state index in [2.05, 4.69) is 6.07 Å². The Morgan fingerprint density at radius 1 is 1.28 bits per heavy atom. The molecule has 0 nitrogen and oxygen atoms in total. The zero-order valence-corrected chi connectivity index (χ0v) is 11.7. The van der Waals surface area contributed by atoms with Gasteiger partial charge in [0, 0.05) is 9.75 Å². The van der Waals surface area contributed by atoms with Crippen molar-refractivity contribution in [3.63, 3.8) is 0 Å². The summed E-state index contributed by atoms with van der Waals surface area (Å²) in [5.41, 5.74) is 3.09. The Hall–Kier alpha value is -0.860. The van der Waals surface area contributed by atoms with E-state index in [1.807, 2.05) is 17.4 Å². The highest BCUT2D eigenvalue weighted by Crippen LogP contribution is 2.39. The van der Waals surface area contributed by atoms with Gasteiger partial charge in [0.05, 0.1) is 5.38 Å². The lowest BCUT2D eigenvalue weighted by molar-refractivity contribution is 0.617.